The minimum Gasteiger partial charge on any atom is -0.465 e. The third-order valence-electron chi connectivity index (χ3n) is 5.46. The fourth-order valence-corrected chi connectivity index (χ4v) is 4.65. The summed E-state index contributed by atoms with van der Waals surface area (Å²) < 4.78 is 34.3. The SMILES string of the molecule is COC(=O)c1ccc(C2Nc3ccc(S(N)(=O)=O)cc3C3OCCCC23)cc1. The zero-order chi connectivity index (χ0) is 19.9. The van der Waals surface area contributed by atoms with Gasteiger partial charge in [-0.15, -0.1) is 0 Å². The number of sulfonamides is 1. The van der Waals surface area contributed by atoms with Crippen molar-refractivity contribution in [3.8, 4) is 0 Å². The lowest BCUT2D eigenvalue weighted by molar-refractivity contribution is -0.0382. The summed E-state index contributed by atoms with van der Waals surface area (Å²) >= 11 is 0. The van der Waals surface area contributed by atoms with Crippen LogP contribution in [-0.2, 0) is 19.5 Å². The fourth-order valence-electron chi connectivity index (χ4n) is 4.10. The zero-order valence-electron chi connectivity index (χ0n) is 15.4. The number of hydrogen-bond donors (Lipinski definition) is 2. The highest BCUT2D eigenvalue weighted by atomic mass is 32.2. The molecule has 0 radical (unpaired) electrons. The molecule has 1 fully saturated rings. The molecule has 0 saturated carbocycles. The number of ether oxygens (including phenoxy) is 2. The van der Waals surface area contributed by atoms with Gasteiger partial charge in [0.05, 0.1) is 29.7 Å². The first-order valence-corrected chi connectivity index (χ1v) is 10.7. The van der Waals surface area contributed by atoms with Gasteiger partial charge in [-0.2, -0.15) is 0 Å². The highest BCUT2D eigenvalue weighted by Crippen LogP contribution is 2.49. The topological polar surface area (TPSA) is 108 Å². The number of nitrogens with one attached hydrogen (secondary N) is 1. The van der Waals surface area contributed by atoms with Gasteiger partial charge >= 0.3 is 5.97 Å². The number of carbonyl (C=O) groups excluding carboxylic acids is 1. The molecule has 148 valence electrons. The van der Waals surface area contributed by atoms with E-state index in [1.165, 1.54) is 13.2 Å². The molecule has 2 aliphatic rings. The second kappa shape index (κ2) is 7.20. The number of carbonyl (C=O) groups is 1. The zero-order valence-corrected chi connectivity index (χ0v) is 16.2. The second-order valence-electron chi connectivity index (χ2n) is 7.13. The normalized spacial score (nSPS) is 23.9. The molecule has 0 spiro atoms. The molecule has 0 amide bonds. The molecule has 0 aromatic heterocycles. The Morgan fingerprint density at radius 1 is 1.21 bits per heavy atom. The van der Waals surface area contributed by atoms with Gasteiger partial charge in [-0.05, 0) is 48.7 Å². The monoisotopic (exact) mass is 402 g/mol. The van der Waals surface area contributed by atoms with Crippen molar-refractivity contribution < 1.29 is 22.7 Å². The summed E-state index contributed by atoms with van der Waals surface area (Å²) in [5.41, 5.74) is 3.18. The molecule has 0 aliphatic carbocycles. The summed E-state index contributed by atoms with van der Waals surface area (Å²) in [6.07, 6.45) is 1.67. The molecule has 2 aromatic carbocycles. The van der Waals surface area contributed by atoms with Crippen molar-refractivity contribution in [3.05, 3.63) is 59.2 Å². The van der Waals surface area contributed by atoms with Crippen LogP contribution in [0.1, 0.15) is 46.5 Å². The van der Waals surface area contributed by atoms with Crippen molar-refractivity contribution in [1.82, 2.24) is 0 Å². The smallest absolute Gasteiger partial charge is 0.337 e. The summed E-state index contributed by atoms with van der Waals surface area (Å²) in [5.74, 6) is -0.233. The molecule has 8 heteroatoms. The average Bonchev–Trinajstić information content (AvgIpc) is 2.71. The van der Waals surface area contributed by atoms with Crippen LogP contribution in [0.25, 0.3) is 0 Å². The van der Waals surface area contributed by atoms with Gasteiger partial charge in [0.1, 0.15) is 0 Å². The van der Waals surface area contributed by atoms with E-state index in [0.717, 1.165) is 29.7 Å². The number of primary sulfonamides is 1. The number of benzene rings is 2. The Bertz CT molecular complexity index is 1000. The highest BCUT2D eigenvalue weighted by molar-refractivity contribution is 7.89. The molecule has 7 nitrogen and oxygen atoms in total. The van der Waals surface area contributed by atoms with Crippen LogP contribution in [-0.4, -0.2) is 28.1 Å². The van der Waals surface area contributed by atoms with Crippen molar-refractivity contribution in [2.45, 2.75) is 29.9 Å². The molecule has 2 aromatic rings. The second-order valence-corrected chi connectivity index (χ2v) is 8.69. The number of hydrogen-bond acceptors (Lipinski definition) is 6. The molecular weight excluding hydrogens is 380 g/mol. The van der Waals surface area contributed by atoms with Gasteiger partial charge in [-0.1, -0.05) is 12.1 Å². The molecule has 1 saturated heterocycles. The summed E-state index contributed by atoms with van der Waals surface area (Å²) in [6, 6.07) is 12.2. The van der Waals surface area contributed by atoms with Gasteiger partial charge in [0.15, 0.2) is 0 Å². The van der Waals surface area contributed by atoms with E-state index in [2.05, 4.69) is 5.32 Å². The molecule has 3 atom stereocenters. The summed E-state index contributed by atoms with van der Waals surface area (Å²) in [7, 11) is -2.43. The Morgan fingerprint density at radius 2 is 1.96 bits per heavy atom. The van der Waals surface area contributed by atoms with Crippen LogP contribution in [0.15, 0.2) is 47.4 Å². The van der Waals surface area contributed by atoms with Crippen LogP contribution in [0.4, 0.5) is 5.69 Å². The van der Waals surface area contributed by atoms with Gasteiger partial charge in [-0.3, -0.25) is 0 Å². The summed E-state index contributed by atoms with van der Waals surface area (Å²) in [4.78, 5) is 11.8. The lowest BCUT2D eigenvalue weighted by Crippen LogP contribution is -2.36. The quantitative estimate of drug-likeness (QED) is 0.765. The first kappa shape index (κ1) is 18.9. The fraction of sp³-hybridized carbons (Fsp3) is 0.350. The van der Waals surface area contributed by atoms with E-state index in [0.29, 0.717) is 12.2 Å². The van der Waals surface area contributed by atoms with E-state index in [1.807, 2.05) is 12.1 Å². The third-order valence-corrected chi connectivity index (χ3v) is 6.37. The Labute approximate surface area is 163 Å². The highest BCUT2D eigenvalue weighted by Gasteiger charge is 2.40. The van der Waals surface area contributed by atoms with Crippen LogP contribution in [0.3, 0.4) is 0 Å². The molecule has 3 N–H and O–H groups in total. The largest absolute Gasteiger partial charge is 0.465 e. The number of rotatable bonds is 3. The minimum atomic E-state index is -3.78. The first-order valence-electron chi connectivity index (χ1n) is 9.11. The van der Waals surface area contributed by atoms with Crippen molar-refractivity contribution in [1.29, 1.82) is 0 Å². The number of methoxy groups -OCH3 is 1. The van der Waals surface area contributed by atoms with Gasteiger partial charge < -0.3 is 14.8 Å². The van der Waals surface area contributed by atoms with Gasteiger partial charge in [0.25, 0.3) is 0 Å². The predicted octanol–water partition coefficient (Wildman–Crippen LogP) is 2.76. The molecule has 0 bridgehead atoms. The lowest BCUT2D eigenvalue weighted by atomic mass is 9.77. The molecule has 4 rings (SSSR count). The molecule has 2 heterocycles. The van der Waals surface area contributed by atoms with Crippen molar-refractivity contribution >= 4 is 21.7 Å². The lowest BCUT2D eigenvalue weighted by Gasteiger charge is -2.43. The van der Waals surface area contributed by atoms with Crippen LogP contribution >= 0.6 is 0 Å². The van der Waals surface area contributed by atoms with Gasteiger partial charge in [0, 0.05) is 23.8 Å². The van der Waals surface area contributed by atoms with E-state index in [4.69, 9.17) is 14.6 Å². The predicted molar refractivity (Wildman–Crippen MR) is 103 cm³/mol. The Kier molecular flexibility index (Phi) is 4.86. The Morgan fingerprint density at radius 3 is 2.64 bits per heavy atom. The third kappa shape index (κ3) is 3.39. The van der Waals surface area contributed by atoms with Crippen LogP contribution < -0.4 is 10.5 Å². The summed E-state index contributed by atoms with van der Waals surface area (Å²) in [6.45, 7) is 0.633. The molecule has 28 heavy (non-hydrogen) atoms. The number of esters is 1. The average molecular weight is 402 g/mol. The first-order chi connectivity index (χ1) is 13.4. The van der Waals surface area contributed by atoms with Crippen LogP contribution in [0, 0.1) is 5.92 Å². The van der Waals surface area contributed by atoms with E-state index in [9.17, 15) is 13.2 Å². The van der Waals surface area contributed by atoms with Crippen molar-refractivity contribution in [2.24, 2.45) is 11.1 Å². The number of nitrogens with two attached hydrogens (primary N) is 1. The van der Waals surface area contributed by atoms with E-state index >= 15 is 0 Å². The van der Waals surface area contributed by atoms with Crippen LogP contribution in [0.2, 0.25) is 0 Å². The van der Waals surface area contributed by atoms with E-state index in [-0.39, 0.29) is 28.9 Å². The molecule has 3 unspecified atom stereocenters. The molecular formula is C20H22N2O5S. The maximum atomic E-state index is 11.8. The Balaban J connectivity index is 1.72. The number of anilines is 1. The Hall–Kier alpha value is -2.42. The van der Waals surface area contributed by atoms with Crippen molar-refractivity contribution in [3.63, 3.8) is 0 Å². The van der Waals surface area contributed by atoms with Crippen molar-refractivity contribution in [2.75, 3.05) is 19.0 Å². The van der Waals surface area contributed by atoms with Gasteiger partial charge in [0.2, 0.25) is 10.0 Å². The summed E-state index contributed by atoms with van der Waals surface area (Å²) in [5, 5.41) is 8.82. The maximum absolute atomic E-state index is 11.8. The standard InChI is InChI=1S/C20H22N2O5S/c1-26-20(23)13-6-4-12(5-7-13)18-15-3-2-10-27-19(15)16-11-14(28(21,24)25)8-9-17(16)22-18/h4-9,11,15,18-19,22H,2-3,10H2,1H3,(H2,21,24,25). The van der Waals surface area contributed by atoms with Gasteiger partial charge in [-0.25, -0.2) is 18.4 Å². The van der Waals surface area contributed by atoms with Crippen LogP contribution in [0.5, 0.6) is 0 Å². The maximum Gasteiger partial charge on any atom is 0.337 e. The minimum absolute atomic E-state index is 0.00942. The number of fused-ring (bicyclic) bond motifs is 3. The van der Waals surface area contributed by atoms with E-state index in [1.54, 1.807) is 24.3 Å². The van der Waals surface area contributed by atoms with E-state index < -0.39 is 10.0 Å². The molecule has 2 aliphatic heterocycles.